The molecule has 0 aliphatic heterocycles. The number of benzene rings is 1. The lowest BCUT2D eigenvalue weighted by atomic mass is 10.2. The Hall–Kier alpha value is -1.52. The number of aryl methyl sites for hydroxylation is 1. The van der Waals surface area contributed by atoms with Crippen LogP contribution in [0.2, 0.25) is 0 Å². The lowest BCUT2D eigenvalue weighted by Crippen LogP contribution is -2.30. The molecular formula is C9H9F3N2. The van der Waals surface area contributed by atoms with E-state index in [1.165, 1.54) is 12.1 Å². The predicted octanol–water partition coefficient (Wildman–Crippen LogP) is 2.55. The highest BCUT2D eigenvalue weighted by Crippen LogP contribution is 2.19. The molecule has 1 rings (SSSR count). The summed E-state index contributed by atoms with van der Waals surface area (Å²) in [6.45, 7) is 1.77. The van der Waals surface area contributed by atoms with Gasteiger partial charge in [-0.05, 0) is 24.6 Å². The van der Waals surface area contributed by atoms with E-state index in [0.29, 0.717) is 0 Å². The third-order valence-corrected chi connectivity index (χ3v) is 1.54. The van der Waals surface area contributed by atoms with Gasteiger partial charge in [0.25, 0.3) is 0 Å². The Balaban J connectivity index is 2.98. The molecule has 0 radical (unpaired) electrons. The normalized spacial score (nSPS) is 13.0. The van der Waals surface area contributed by atoms with Crippen molar-refractivity contribution in [3.8, 4) is 0 Å². The molecule has 76 valence electrons. The summed E-state index contributed by atoms with van der Waals surface area (Å²) in [7, 11) is 0. The molecule has 0 saturated heterocycles. The predicted molar refractivity (Wildman–Crippen MR) is 48.5 cm³/mol. The van der Waals surface area contributed by atoms with Gasteiger partial charge in [0, 0.05) is 0 Å². The fourth-order valence-electron chi connectivity index (χ4n) is 0.900. The van der Waals surface area contributed by atoms with Gasteiger partial charge in [0.05, 0.1) is 5.69 Å². The first-order valence-electron chi connectivity index (χ1n) is 3.87. The molecule has 5 heteroatoms. The summed E-state index contributed by atoms with van der Waals surface area (Å²) >= 11 is 0. The molecular weight excluding hydrogens is 193 g/mol. The van der Waals surface area contributed by atoms with Crippen LogP contribution in [0.1, 0.15) is 5.56 Å². The van der Waals surface area contributed by atoms with Crippen molar-refractivity contribution < 1.29 is 13.2 Å². The Morgan fingerprint density at radius 2 is 2.00 bits per heavy atom. The molecule has 0 aliphatic carbocycles. The minimum atomic E-state index is -4.57. The average molecular weight is 202 g/mol. The summed E-state index contributed by atoms with van der Waals surface area (Å²) < 4.78 is 35.9. The zero-order valence-corrected chi connectivity index (χ0v) is 7.47. The minimum Gasteiger partial charge on any atom is -0.380 e. The summed E-state index contributed by atoms with van der Waals surface area (Å²) in [5, 5.41) is 0. The van der Waals surface area contributed by atoms with E-state index < -0.39 is 12.0 Å². The van der Waals surface area contributed by atoms with Gasteiger partial charge in [-0.15, -0.1) is 0 Å². The van der Waals surface area contributed by atoms with Crippen LogP contribution in [-0.2, 0) is 0 Å². The largest absolute Gasteiger partial charge is 0.448 e. The first-order valence-corrected chi connectivity index (χ1v) is 3.87. The molecule has 0 atom stereocenters. The van der Waals surface area contributed by atoms with Gasteiger partial charge >= 0.3 is 6.18 Å². The lowest BCUT2D eigenvalue weighted by Gasteiger charge is -2.04. The molecule has 0 fully saturated rings. The monoisotopic (exact) mass is 202 g/mol. The van der Waals surface area contributed by atoms with Crippen LogP contribution in [0.15, 0.2) is 29.3 Å². The summed E-state index contributed by atoms with van der Waals surface area (Å²) in [4.78, 5) is 3.26. The first-order chi connectivity index (χ1) is 6.39. The Kier molecular flexibility index (Phi) is 2.78. The van der Waals surface area contributed by atoms with Gasteiger partial charge in [-0.3, -0.25) is 0 Å². The van der Waals surface area contributed by atoms with Crippen LogP contribution in [0.3, 0.4) is 0 Å². The Bertz CT molecular complexity index is 355. The lowest BCUT2D eigenvalue weighted by molar-refractivity contribution is -0.0597. The number of alkyl halides is 3. The second-order valence-electron chi connectivity index (χ2n) is 2.83. The molecule has 0 aromatic heterocycles. The smallest absolute Gasteiger partial charge is 0.380 e. The molecule has 0 amide bonds. The van der Waals surface area contributed by atoms with Crippen molar-refractivity contribution in [3.63, 3.8) is 0 Å². The highest BCUT2D eigenvalue weighted by Gasteiger charge is 2.33. The standard InChI is InChI=1S/C9H9F3N2/c1-6-3-2-4-7(5-6)14-8(13)9(10,11)12/h2-5H,1H3,(H2,13,14). The topological polar surface area (TPSA) is 38.4 Å². The van der Waals surface area contributed by atoms with E-state index in [0.717, 1.165) is 5.56 Å². The van der Waals surface area contributed by atoms with Crippen molar-refractivity contribution in [3.05, 3.63) is 29.8 Å². The van der Waals surface area contributed by atoms with Gasteiger partial charge in [-0.2, -0.15) is 13.2 Å². The van der Waals surface area contributed by atoms with Gasteiger partial charge in [0.2, 0.25) is 5.84 Å². The van der Waals surface area contributed by atoms with Gasteiger partial charge < -0.3 is 5.73 Å². The number of nitrogens with two attached hydrogens (primary N) is 1. The number of rotatable bonds is 1. The molecule has 1 aromatic rings. The highest BCUT2D eigenvalue weighted by molar-refractivity contribution is 5.88. The molecule has 0 aliphatic rings. The van der Waals surface area contributed by atoms with Gasteiger partial charge in [-0.25, -0.2) is 4.99 Å². The third-order valence-electron chi connectivity index (χ3n) is 1.54. The third kappa shape index (κ3) is 2.76. The fourth-order valence-corrected chi connectivity index (χ4v) is 0.900. The van der Waals surface area contributed by atoms with Gasteiger partial charge in [-0.1, -0.05) is 12.1 Å². The fraction of sp³-hybridized carbons (Fsp3) is 0.222. The van der Waals surface area contributed by atoms with Gasteiger partial charge in [0.15, 0.2) is 0 Å². The minimum absolute atomic E-state index is 0.208. The molecule has 0 heterocycles. The SMILES string of the molecule is Cc1cccc(N=C(N)C(F)(F)F)c1. The first kappa shape index (κ1) is 10.6. The van der Waals surface area contributed by atoms with Crippen molar-refractivity contribution in [2.24, 2.45) is 10.7 Å². The van der Waals surface area contributed by atoms with E-state index in [4.69, 9.17) is 5.73 Å². The Labute approximate surface area is 79.3 Å². The highest BCUT2D eigenvalue weighted by atomic mass is 19.4. The number of hydrogen-bond acceptors (Lipinski definition) is 1. The zero-order valence-electron chi connectivity index (χ0n) is 7.47. The second-order valence-corrected chi connectivity index (χ2v) is 2.83. The van der Waals surface area contributed by atoms with Crippen LogP contribution in [-0.4, -0.2) is 12.0 Å². The second kappa shape index (κ2) is 3.69. The summed E-state index contributed by atoms with van der Waals surface area (Å²) in [5.74, 6) is -1.33. The number of hydrogen-bond donors (Lipinski definition) is 1. The van der Waals surface area contributed by atoms with Crippen LogP contribution in [0.5, 0.6) is 0 Å². The summed E-state index contributed by atoms with van der Waals surface area (Å²) in [6.07, 6.45) is -4.57. The molecule has 0 bridgehead atoms. The summed E-state index contributed by atoms with van der Waals surface area (Å²) in [6, 6.07) is 6.38. The van der Waals surface area contributed by atoms with Crippen molar-refractivity contribution >= 4 is 11.5 Å². The van der Waals surface area contributed by atoms with E-state index in [1.807, 2.05) is 0 Å². The van der Waals surface area contributed by atoms with Crippen LogP contribution in [0.4, 0.5) is 18.9 Å². The van der Waals surface area contributed by atoms with Gasteiger partial charge in [0.1, 0.15) is 0 Å². The zero-order chi connectivity index (χ0) is 10.8. The van der Waals surface area contributed by atoms with E-state index in [-0.39, 0.29) is 5.69 Å². The van der Waals surface area contributed by atoms with Crippen molar-refractivity contribution in [2.75, 3.05) is 0 Å². The maximum absolute atomic E-state index is 12.0. The van der Waals surface area contributed by atoms with Crippen LogP contribution >= 0.6 is 0 Å². The Morgan fingerprint density at radius 3 is 2.50 bits per heavy atom. The molecule has 2 N–H and O–H groups in total. The quantitative estimate of drug-likeness (QED) is 0.551. The van der Waals surface area contributed by atoms with E-state index in [1.54, 1.807) is 19.1 Å². The van der Waals surface area contributed by atoms with Crippen molar-refractivity contribution in [2.45, 2.75) is 13.1 Å². The molecule has 1 aromatic carbocycles. The van der Waals surface area contributed by atoms with Crippen LogP contribution < -0.4 is 5.73 Å². The molecule has 0 unspecified atom stereocenters. The maximum Gasteiger partial charge on any atom is 0.448 e. The van der Waals surface area contributed by atoms with Crippen molar-refractivity contribution in [1.29, 1.82) is 0 Å². The number of nitrogens with zero attached hydrogens (tertiary/aromatic N) is 1. The molecule has 0 spiro atoms. The van der Waals surface area contributed by atoms with E-state index in [2.05, 4.69) is 4.99 Å². The van der Waals surface area contributed by atoms with E-state index in [9.17, 15) is 13.2 Å². The maximum atomic E-state index is 12.0. The summed E-state index contributed by atoms with van der Waals surface area (Å²) in [5.41, 5.74) is 5.80. The van der Waals surface area contributed by atoms with E-state index >= 15 is 0 Å². The number of aliphatic imine (C=N–C) groups is 1. The Morgan fingerprint density at radius 1 is 1.36 bits per heavy atom. The molecule has 0 saturated carbocycles. The molecule has 2 nitrogen and oxygen atoms in total. The van der Waals surface area contributed by atoms with Crippen LogP contribution in [0.25, 0.3) is 0 Å². The van der Waals surface area contributed by atoms with Crippen LogP contribution in [0, 0.1) is 6.92 Å². The van der Waals surface area contributed by atoms with Crippen molar-refractivity contribution in [1.82, 2.24) is 0 Å². The molecule has 14 heavy (non-hydrogen) atoms. The number of halogens is 3. The number of amidine groups is 1. The average Bonchev–Trinajstić information content (AvgIpc) is 2.02.